The van der Waals surface area contributed by atoms with Gasteiger partial charge in [0.1, 0.15) is 0 Å². The maximum absolute atomic E-state index is 5.32. The van der Waals surface area contributed by atoms with Crippen molar-refractivity contribution in [3.05, 3.63) is 140 Å². The summed E-state index contributed by atoms with van der Waals surface area (Å²) in [4.78, 5) is 15.7. The van der Waals surface area contributed by atoms with Crippen molar-refractivity contribution in [2.24, 2.45) is 0 Å². The molecule has 0 bridgehead atoms. The summed E-state index contributed by atoms with van der Waals surface area (Å²) >= 11 is 3.69. The molecule has 0 unspecified atom stereocenters. The van der Waals surface area contributed by atoms with Crippen molar-refractivity contribution in [1.29, 1.82) is 0 Å². The molecular weight excluding hydrogens is 623 g/mol. The Kier molecular flexibility index (Phi) is 5.42. The fraction of sp³-hybridized carbons (Fsp3) is 0. The van der Waals surface area contributed by atoms with Gasteiger partial charge in [-0.25, -0.2) is 15.0 Å². The van der Waals surface area contributed by atoms with Crippen molar-refractivity contribution in [3.63, 3.8) is 0 Å². The van der Waals surface area contributed by atoms with Crippen LogP contribution in [0.1, 0.15) is 0 Å². The third kappa shape index (κ3) is 3.71. The lowest BCUT2D eigenvalue weighted by Gasteiger charge is -2.12. The molecular formula is C43H23N3S2. The number of nitrogens with zero attached hydrogens (tertiary/aromatic N) is 3. The lowest BCUT2D eigenvalue weighted by molar-refractivity contribution is 1.08. The third-order valence-corrected chi connectivity index (χ3v) is 12.0. The van der Waals surface area contributed by atoms with Crippen LogP contribution in [-0.4, -0.2) is 15.0 Å². The summed E-state index contributed by atoms with van der Waals surface area (Å²) in [6.45, 7) is 0. The largest absolute Gasteiger partial charge is 0.208 e. The molecule has 5 heteroatoms. The monoisotopic (exact) mass is 645 g/mol. The zero-order chi connectivity index (χ0) is 31.3. The summed E-state index contributed by atoms with van der Waals surface area (Å²) < 4.78 is 5.09. The second kappa shape index (κ2) is 9.88. The molecule has 3 heterocycles. The van der Waals surface area contributed by atoms with Gasteiger partial charge in [-0.15, -0.1) is 22.7 Å². The molecule has 7 aromatic carbocycles. The van der Waals surface area contributed by atoms with Gasteiger partial charge in [0.2, 0.25) is 0 Å². The standard InChI is InChI=1S/C43H23N3S2/c1-2-10-25(11-3-1)41-44-42(26-20-21-36-31(22-26)27-14-4-6-18-34(27)47-36)46-43(45-41)33-23-32-28-16-8-12-24-13-9-17-30(37(24)28)39(32)40-38(33)29-15-5-7-19-35(29)48-40/h1-23H. The number of aromatic nitrogens is 3. The van der Waals surface area contributed by atoms with E-state index >= 15 is 0 Å². The predicted octanol–water partition coefficient (Wildman–Crippen LogP) is 12.4. The lowest BCUT2D eigenvalue weighted by Crippen LogP contribution is -2.00. The van der Waals surface area contributed by atoms with Gasteiger partial charge < -0.3 is 0 Å². The lowest BCUT2D eigenvalue weighted by atomic mass is 9.96. The van der Waals surface area contributed by atoms with Crippen LogP contribution in [-0.2, 0) is 0 Å². The van der Waals surface area contributed by atoms with E-state index in [0.29, 0.717) is 17.5 Å². The molecule has 3 aromatic heterocycles. The summed E-state index contributed by atoms with van der Waals surface area (Å²) in [6, 6.07) is 49.9. The van der Waals surface area contributed by atoms with Gasteiger partial charge in [-0.2, -0.15) is 0 Å². The van der Waals surface area contributed by atoms with Crippen LogP contribution in [0.25, 0.3) is 108 Å². The van der Waals surface area contributed by atoms with Crippen LogP contribution in [0, 0.1) is 0 Å². The second-order valence-corrected chi connectivity index (χ2v) is 14.5. The van der Waals surface area contributed by atoms with E-state index in [1.165, 1.54) is 73.4 Å². The van der Waals surface area contributed by atoms with Gasteiger partial charge in [-0.1, -0.05) is 103 Å². The summed E-state index contributed by atoms with van der Waals surface area (Å²) in [5.41, 5.74) is 8.11. The molecule has 48 heavy (non-hydrogen) atoms. The molecule has 0 N–H and O–H groups in total. The van der Waals surface area contributed by atoms with Gasteiger partial charge >= 0.3 is 0 Å². The summed E-state index contributed by atoms with van der Waals surface area (Å²) in [5.74, 6) is 2.03. The molecule has 0 aliphatic heterocycles. The molecule has 0 saturated carbocycles. The first-order chi connectivity index (χ1) is 23.8. The molecule has 0 atom stereocenters. The molecule has 0 radical (unpaired) electrons. The fourth-order valence-electron chi connectivity index (χ4n) is 7.54. The zero-order valence-corrected chi connectivity index (χ0v) is 27.1. The Hall–Kier alpha value is -5.75. The minimum Gasteiger partial charge on any atom is -0.208 e. The minimum absolute atomic E-state index is 0.671. The van der Waals surface area contributed by atoms with Crippen molar-refractivity contribution >= 4 is 73.8 Å². The maximum Gasteiger partial charge on any atom is 0.164 e. The Morgan fingerprint density at radius 1 is 0.375 bits per heavy atom. The van der Waals surface area contributed by atoms with Gasteiger partial charge in [0.15, 0.2) is 17.5 Å². The Balaban J connectivity index is 1.24. The highest BCUT2D eigenvalue weighted by atomic mass is 32.1. The Morgan fingerprint density at radius 2 is 1.04 bits per heavy atom. The van der Waals surface area contributed by atoms with Crippen LogP contribution < -0.4 is 0 Å². The van der Waals surface area contributed by atoms with E-state index in [0.717, 1.165) is 16.7 Å². The number of thiophene rings is 2. The van der Waals surface area contributed by atoms with E-state index < -0.39 is 0 Å². The number of hydrogen-bond acceptors (Lipinski definition) is 5. The second-order valence-electron chi connectivity index (χ2n) is 12.3. The molecule has 0 amide bonds. The van der Waals surface area contributed by atoms with Gasteiger partial charge in [0.25, 0.3) is 0 Å². The highest BCUT2D eigenvalue weighted by molar-refractivity contribution is 7.26. The van der Waals surface area contributed by atoms with Crippen LogP contribution in [0.2, 0.25) is 0 Å². The fourth-order valence-corrected chi connectivity index (χ4v) is 9.91. The van der Waals surface area contributed by atoms with Gasteiger partial charge in [-0.05, 0) is 63.9 Å². The smallest absolute Gasteiger partial charge is 0.164 e. The number of fused-ring (bicyclic) bond motifs is 10. The molecule has 1 aliphatic carbocycles. The molecule has 0 saturated heterocycles. The Morgan fingerprint density at radius 3 is 1.88 bits per heavy atom. The Labute approximate surface area is 283 Å². The van der Waals surface area contributed by atoms with Gasteiger partial charge in [0, 0.05) is 62.6 Å². The predicted molar refractivity (Wildman–Crippen MR) is 204 cm³/mol. The average Bonchev–Trinajstić information content (AvgIpc) is 3.82. The molecule has 222 valence electrons. The first-order valence-electron chi connectivity index (χ1n) is 16.0. The number of benzene rings is 7. The summed E-state index contributed by atoms with van der Waals surface area (Å²) in [6.07, 6.45) is 0. The van der Waals surface area contributed by atoms with Gasteiger partial charge in [0.05, 0.1) is 0 Å². The van der Waals surface area contributed by atoms with E-state index in [4.69, 9.17) is 15.0 Å². The van der Waals surface area contributed by atoms with Crippen LogP contribution in [0.15, 0.2) is 140 Å². The van der Waals surface area contributed by atoms with E-state index in [9.17, 15) is 0 Å². The Bertz CT molecular complexity index is 2950. The molecule has 10 aromatic rings. The van der Waals surface area contributed by atoms with E-state index in [2.05, 4.69) is 121 Å². The zero-order valence-electron chi connectivity index (χ0n) is 25.4. The number of rotatable bonds is 3. The van der Waals surface area contributed by atoms with E-state index in [1.54, 1.807) is 0 Å². The quantitative estimate of drug-likeness (QED) is 0.192. The summed E-state index contributed by atoms with van der Waals surface area (Å²) in [7, 11) is 0. The first-order valence-corrected chi connectivity index (χ1v) is 17.7. The first kappa shape index (κ1) is 26.3. The third-order valence-electron chi connectivity index (χ3n) is 9.66. The van der Waals surface area contributed by atoms with Gasteiger partial charge in [-0.3, -0.25) is 0 Å². The minimum atomic E-state index is 0.671. The normalized spacial score (nSPS) is 12.2. The van der Waals surface area contributed by atoms with E-state index in [-0.39, 0.29) is 0 Å². The molecule has 11 rings (SSSR count). The van der Waals surface area contributed by atoms with E-state index in [1.807, 2.05) is 40.9 Å². The van der Waals surface area contributed by atoms with Crippen LogP contribution >= 0.6 is 22.7 Å². The molecule has 0 fully saturated rings. The topological polar surface area (TPSA) is 38.7 Å². The maximum atomic E-state index is 5.32. The van der Waals surface area contributed by atoms with Crippen LogP contribution in [0.5, 0.6) is 0 Å². The molecule has 1 aliphatic rings. The molecule has 0 spiro atoms. The van der Waals surface area contributed by atoms with Crippen LogP contribution in [0.3, 0.4) is 0 Å². The van der Waals surface area contributed by atoms with Crippen molar-refractivity contribution in [3.8, 4) is 56.4 Å². The van der Waals surface area contributed by atoms with Crippen LogP contribution in [0.4, 0.5) is 0 Å². The summed E-state index contributed by atoms with van der Waals surface area (Å²) in [5, 5.41) is 7.51. The highest BCUT2D eigenvalue weighted by Crippen LogP contribution is 2.55. The highest BCUT2D eigenvalue weighted by Gasteiger charge is 2.28. The SMILES string of the molecule is c1ccc(-c2nc(-c3ccc4sc5ccccc5c4c3)nc(-c3cc4c(c5sc6ccccc6c35)-c3cccc5cccc-4c35)n2)cc1. The van der Waals surface area contributed by atoms with Crippen molar-refractivity contribution < 1.29 is 0 Å². The molecule has 3 nitrogen and oxygen atoms in total. The van der Waals surface area contributed by atoms with Crippen molar-refractivity contribution in [1.82, 2.24) is 15.0 Å². The average molecular weight is 646 g/mol. The van der Waals surface area contributed by atoms with Crippen molar-refractivity contribution in [2.75, 3.05) is 0 Å². The number of hydrogen-bond donors (Lipinski definition) is 0. The van der Waals surface area contributed by atoms with Crippen molar-refractivity contribution in [2.45, 2.75) is 0 Å².